The molecule has 0 saturated heterocycles. The Bertz CT molecular complexity index is 272. The maximum Gasteiger partial charge on any atom is 0.346 e. The van der Waals surface area contributed by atoms with Gasteiger partial charge in [-0.05, 0) is 6.92 Å². The van der Waals surface area contributed by atoms with Gasteiger partial charge in [-0.2, -0.15) is 5.26 Å². The molecule has 0 heterocycles. The van der Waals surface area contributed by atoms with E-state index in [1.165, 1.54) is 13.0 Å². The van der Waals surface area contributed by atoms with Gasteiger partial charge < -0.3 is 10.2 Å². The molecule has 0 aromatic carbocycles. The minimum Gasteiger partial charge on any atom is -0.477 e. The highest BCUT2D eigenvalue weighted by Gasteiger charge is 2.11. The molecule has 0 bridgehead atoms. The molecule has 5 nitrogen and oxygen atoms in total. The molecule has 0 amide bonds. The van der Waals surface area contributed by atoms with Crippen molar-refractivity contribution in [2.45, 2.75) is 13.0 Å². The predicted molar refractivity (Wildman–Crippen MR) is 38.0 cm³/mol. The summed E-state index contributed by atoms with van der Waals surface area (Å²) in [5.41, 5.74) is -0.680. The second-order valence-corrected chi connectivity index (χ2v) is 2.05. The number of carboxylic acids is 1. The lowest BCUT2D eigenvalue weighted by Gasteiger charge is -1.95. The normalized spacial score (nSPS) is 13.2. The number of carbonyl (C=O) groups excluding carboxylic acids is 1. The van der Waals surface area contributed by atoms with Crippen LogP contribution in [0.15, 0.2) is 11.6 Å². The zero-order valence-electron chi connectivity index (χ0n) is 6.31. The first kappa shape index (κ1) is 10.3. The van der Waals surface area contributed by atoms with Crippen molar-refractivity contribution in [3.63, 3.8) is 0 Å². The quantitative estimate of drug-likeness (QED) is 0.437. The zero-order chi connectivity index (χ0) is 9.72. The van der Waals surface area contributed by atoms with Crippen LogP contribution in [0.5, 0.6) is 0 Å². The van der Waals surface area contributed by atoms with Gasteiger partial charge in [-0.15, -0.1) is 0 Å². The van der Waals surface area contributed by atoms with Gasteiger partial charge in [0.2, 0.25) is 0 Å². The molecule has 5 heteroatoms. The molecule has 2 N–H and O–H groups in total. The van der Waals surface area contributed by atoms with Crippen molar-refractivity contribution >= 4 is 11.8 Å². The molecule has 12 heavy (non-hydrogen) atoms. The SMILES string of the molecule is CC(O)C(=O)C=C(C#N)C(=O)O. The van der Waals surface area contributed by atoms with Crippen LogP contribution in [0, 0.1) is 11.3 Å². The minimum atomic E-state index is -1.48. The molecule has 0 spiro atoms. The summed E-state index contributed by atoms with van der Waals surface area (Å²) in [6, 6.07) is 1.32. The monoisotopic (exact) mass is 169 g/mol. The number of aliphatic hydroxyl groups excluding tert-OH is 1. The van der Waals surface area contributed by atoms with E-state index in [2.05, 4.69) is 0 Å². The average molecular weight is 169 g/mol. The van der Waals surface area contributed by atoms with Crippen molar-refractivity contribution in [2.24, 2.45) is 0 Å². The number of ketones is 1. The molecular formula is C7H7NO4. The first-order valence-corrected chi connectivity index (χ1v) is 3.06. The van der Waals surface area contributed by atoms with Gasteiger partial charge in [0.05, 0.1) is 0 Å². The van der Waals surface area contributed by atoms with E-state index >= 15 is 0 Å². The first-order valence-electron chi connectivity index (χ1n) is 3.06. The second kappa shape index (κ2) is 4.26. The Balaban J connectivity index is 4.65. The van der Waals surface area contributed by atoms with Crippen LogP contribution in [-0.4, -0.2) is 28.1 Å². The third-order valence-corrected chi connectivity index (χ3v) is 1.05. The summed E-state index contributed by atoms with van der Waals surface area (Å²) in [6.07, 6.45) is -0.680. The second-order valence-electron chi connectivity index (χ2n) is 2.05. The van der Waals surface area contributed by atoms with Crippen LogP contribution in [0.4, 0.5) is 0 Å². The Morgan fingerprint density at radius 3 is 2.33 bits per heavy atom. The highest BCUT2D eigenvalue weighted by atomic mass is 16.4. The van der Waals surface area contributed by atoms with Crippen LogP contribution >= 0.6 is 0 Å². The summed E-state index contributed by atoms with van der Waals surface area (Å²) in [5, 5.41) is 25.1. The van der Waals surface area contributed by atoms with Crippen LogP contribution in [0.25, 0.3) is 0 Å². The number of nitrogens with zero attached hydrogens (tertiary/aromatic N) is 1. The highest BCUT2D eigenvalue weighted by molar-refractivity contribution is 6.02. The van der Waals surface area contributed by atoms with Crippen LogP contribution in [-0.2, 0) is 9.59 Å². The molecular weight excluding hydrogens is 162 g/mol. The van der Waals surface area contributed by atoms with Crippen molar-refractivity contribution in [3.05, 3.63) is 11.6 Å². The van der Waals surface area contributed by atoms with E-state index in [1.807, 2.05) is 0 Å². The largest absolute Gasteiger partial charge is 0.477 e. The van der Waals surface area contributed by atoms with Gasteiger partial charge in [0.1, 0.15) is 17.7 Å². The number of aliphatic hydroxyl groups is 1. The summed E-state index contributed by atoms with van der Waals surface area (Å²) >= 11 is 0. The molecule has 1 unspecified atom stereocenters. The number of hydrogen-bond donors (Lipinski definition) is 2. The van der Waals surface area contributed by atoms with E-state index in [9.17, 15) is 9.59 Å². The van der Waals surface area contributed by atoms with Crippen molar-refractivity contribution in [1.29, 1.82) is 5.26 Å². The Morgan fingerprint density at radius 2 is 2.08 bits per heavy atom. The lowest BCUT2D eigenvalue weighted by molar-refractivity contribution is -0.132. The van der Waals surface area contributed by atoms with Crippen molar-refractivity contribution in [2.75, 3.05) is 0 Å². The average Bonchev–Trinajstić information content (AvgIpc) is 1.98. The first-order chi connectivity index (χ1) is 5.49. The number of carbonyl (C=O) groups is 2. The Morgan fingerprint density at radius 1 is 1.58 bits per heavy atom. The Labute approximate surface area is 68.5 Å². The summed E-state index contributed by atoms with van der Waals surface area (Å²) < 4.78 is 0. The molecule has 0 aliphatic rings. The van der Waals surface area contributed by atoms with Gasteiger partial charge in [-0.25, -0.2) is 4.79 Å². The van der Waals surface area contributed by atoms with Gasteiger partial charge in [0, 0.05) is 6.08 Å². The molecule has 0 rings (SSSR count). The summed E-state index contributed by atoms with van der Waals surface area (Å²) in [7, 11) is 0. The fraction of sp³-hybridized carbons (Fsp3) is 0.286. The van der Waals surface area contributed by atoms with Crippen molar-refractivity contribution in [3.8, 4) is 6.07 Å². The topological polar surface area (TPSA) is 98.4 Å². The fourth-order valence-corrected chi connectivity index (χ4v) is 0.405. The molecule has 64 valence electrons. The molecule has 0 aromatic rings. The molecule has 1 atom stereocenters. The molecule has 0 aliphatic carbocycles. The Hall–Kier alpha value is -1.67. The maximum atomic E-state index is 10.7. The maximum absolute atomic E-state index is 10.7. The van der Waals surface area contributed by atoms with E-state index in [0.717, 1.165) is 0 Å². The highest BCUT2D eigenvalue weighted by Crippen LogP contribution is 1.95. The van der Waals surface area contributed by atoms with Gasteiger partial charge >= 0.3 is 5.97 Å². The summed E-state index contributed by atoms with van der Waals surface area (Å²) in [6.45, 7) is 1.19. The predicted octanol–water partition coefficient (Wildman–Crippen LogP) is -0.529. The van der Waals surface area contributed by atoms with E-state index in [1.54, 1.807) is 0 Å². The van der Waals surface area contributed by atoms with Crippen LogP contribution in [0.3, 0.4) is 0 Å². The number of carboxylic acid groups (broad SMARTS) is 1. The number of hydrogen-bond acceptors (Lipinski definition) is 4. The van der Waals surface area contributed by atoms with Crippen LogP contribution in [0.2, 0.25) is 0 Å². The third-order valence-electron chi connectivity index (χ3n) is 1.05. The molecule has 0 fully saturated rings. The lowest BCUT2D eigenvalue weighted by Crippen LogP contribution is -2.14. The third kappa shape index (κ3) is 2.94. The number of rotatable bonds is 3. The van der Waals surface area contributed by atoms with Crippen molar-refractivity contribution in [1.82, 2.24) is 0 Å². The molecule has 0 saturated carbocycles. The van der Waals surface area contributed by atoms with Gasteiger partial charge in [0.15, 0.2) is 5.78 Å². The van der Waals surface area contributed by atoms with E-state index in [4.69, 9.17) is 15.5 Å². The van der Waals surface area contributed by atoms with Crippen LogP contribution in [0.1, 0.15) is 6.92 Å². The summed E-state index contributed by atoms with van der Waals surface area (Å²) in [4.78, 5) is 20.8. The fourth-order valence-electron chi connectivity index (χ4n) is 0.405. The number of aliphatic carboxylic acids is 1. The standard InChI is InChI=1S/C7H7NO4/c1-4(9)6(10)2-5(3-8)7(11)12/h2,4,9H,1H3,(H,11,12). The van der Waals surface area contributed by atoms with Crippen LogP contribution < -0.4 is 0 Å². The Kier molecular flexibility index (Phi) is 3.67. The van der Waals surface area contributed by atoms with E-state index in [-0.39, 0.29) is 0 Å². The smallest absolute Gasteiger partial charge is 0.346 e. The molecule has 0 aliphatic heterocycles. The molecule has 0 aromatic heterocycles. The number of nitriles is 1. The lowest BCUT2D eigenvalue weighted by atomic mass is 10.2. The minimum absolute atomic E-state index is 0.604. The van der Waals surface area contributed by atoms with Gasteiger partial charge in [-0.1, -0.05) is 0 Å². The summed E-state index contributed by atoms with van der Waals surface area (Å²) in [5.74, 6) is -2.28. The van der Waals surface area contributed by atoms with Gasteiger partial charge in [0.25, 0.3) is 0 Å². The van der Waals surface area contributed by atoms with E-state index in [0.29, 0.717) is 6.08 Å². The van der Waals surface area contributed by atoms with E-state index < -0.39 is 23.4 Å². The van der Waals surface area contributed by atoms with Crippen molar-refractivity contribution < 1.29 is 19.8 Å². The molecule has 0 radical (unpaired) electrons. The zero-order valence-corrected chi connectivity index (χ0v) is 6.31. The van der Waals surface area contributed by atoms with Gasteiger partial charge in [-0.3, -0.25) is 4.79 Å².